The third-order valence-corrected chi connectivity index (χ3v) is 1.74. The monoisotopic (exact) mass is 193 g/mol. The van der Waals surface area contributed by atoms with E-state index in [4.69, 9.17) is 10.2 Å². The van der Waals surface area contributed by atoms with E-state index in [1.165, 1.54) is 6.33 Å². The molecule has 0 saturated carbocycles. The van der Waals surface area contributed by atoms with Crippen LogP contribution in [0.15, 0.2) is 10.7 Å². The molecule has 2 heterocycles. The lowest BCUT2D eigenvalue weighted by molar-refractivity contribution is 0.551. The molecule has 3 N–H and O–H groups in total. The van der Waals surface area contributed by atoms with Gasteiger partial charge in [-0.1, -0.05) is 0 Å². The number of nitrogens with two attached hydrogens (primary N) is 1. The van der Waals surface area contributed by atoms with Crippen LogP contribution >= 0.6 is 0 Å². The van der Waals surface area contributed by atoms with Gasteiger partial charge in [-0.05, 0) is 0 Å². The van der Waals surface area contributed by atoms with Gasteiger partial charge in [0, 0.05) is 20.0 Å². The first-order chi connectivity index (χ1) is 6.81. The summed E-state index contributed by atoms with van der Waals surface area (Å²) in [5.41, 5.74) is 6.52. The van der Waals surface area contributed by atoms with Crippen molar-refractivity contribution >= 4 is 17.0 Å². The fourth-order valence-electron chi connectivity index (χ4n) is 1.18. The molecule has 6 heteroatoms. The molecule has 0 bridgehead atoms. The summed E-state index contributed by atoms with van der Waals surface area (Å²) in [6.45, 7) is 2.97. The van der Waals surface area contributed by atoms with Crippen LogP contribution < -0.4 is 11.1 Å². The van der Waals surface area contributed by atoms with Gasteiger partial charge in [0.15, 0.2) is 17.2 Å². The Morgan fingerprint density at radius 1 is 1.50 bits per heavy atom. The molecular formula is C8H11N5O. The summed E-state index contributed by atoms with van der Waals surface area (Å²) in [5.74, 6) is 1.24. The molecule has 0 amide bonds. The maximum absolute atomic E-state index is 5.38. The largest absolute Gasteiger partial charge is 0.422 e. The zero-order valence-corrected chi connectivity index (χ0v) is 7.82. The van der Waals surface area contributed by atoms with Gasteiger partial charge in [-0.15, -0.1) is 0 Å². The van der Waals surface area contributed by atoms with Crippen LogP contribution in [0.4, 0.5) is 5.82 Å². The van der Waals surface area contributed by atoms with Gasteiger partial charge in [-0.25, -0.2) is 9.97 Å². The van der Waals surface area contributed by atoms with Gasteiger partial charge < -0.3 is 15.5 Å². The van der Waals surface area contributed by atoms with Crippen LogP contribution in [0.5, 0.6) is 0 Å². The molecule has 2 aromatic heterocycles. The molecule has 0 aromatic carbocycles. The summed E-state index contributed by atoms with van der Waals surface area (Å²) >= 11 is 0. The van der Waals surface area contributed by atoms with Crippen LogP contribution in [0.2, 0.25) is 0 Å². The van der Waals surface area contributed by atoms with Crippen molar-refractivity contribution in [2.45, 2.75) is 6.92 Å². The van der Waals surface area contributed by atoms with Gasteiger partial charge >= 0.3 is 0 Å². The van der Waals surface area contributed by atoms with Crippen LogP contribution in [0.1, 0.15) is 5.89 Å². The third kappa shape index (κ3) is 1.51. The highest BCUT2D eigenvalue weighted by Crippen LogP contribution is 2.18. The van der Waals surface area contributed by atoms with Crippen molar-refractivity contribution < 1.29 is 4.42 Å². The molecular weight excluding hydrogens is 182 g/mol. The number of rotatable bonds is 3. The summed E-state index contributed by atoms with van der Waals surface area (Å²) in [6.07, 6.45) is 1.44. The third-order valence-electron chi connectivity index (χ3n) is 1.74. The Balaban J connectivity index is 2.42. The lowest BCUT2D eigenvalue weighted by Gasteiger charge is -2.01. The fourth-order valence-corrected chi connectivity index (χ4v) is 1.18. The summed E-state index contributed by atoms with van der Waals surface area (Å²) < 4.78 is 5.26. The number of anilines is 1. The Bertz CT molecular complexity index is 438. The molecule has 6 nitrogen and oxygen atoms in total. The van der Waals surface area contributed by atoms with E-state index in [1.54, 1.807) is 6.92 Å². The Morgan fingerprint density at radius 3 is 3.14 bits per heavy atom. The van der Waals surface area contributed by atoms with E-state index >= 15 is 0 Å². The fraction of sp³-hybridized carbons (Fsp3) is 0.375. The Hall–Kier alpha value is -1.69. The molecule has 0 spiro atoms. The standard InChI is InChI=1S/C8H11N5O/c1-5-13-6-7(10-3-2-9)11-4-12-8(6)14-5/h4H,2-3,9H2,1H3,(H,10,11,12). The number of nitrogens with one attached hydrogen (secondary N) is 1. The minimum atomic E-state index is 0.497. The first-order valence-corrected chi connectivity index (χ1v) is 4.33. The van der Waals surface area contributed by atoms with Crippen molar-refractivity contribution in [3.8, 4) is 0 Å². The van der Waals surface area contributed by atoms with Gasteiger partial charge in [0.2, 0.25) is 0 Å². The van der Waals surface area contributed by atoms with E-state index in [1.807, 2.05) is 0 Å². The highest BCUT2D eigenvalue weighted by Gasteiger charge is 2.08. The van der Waals surface area contributed by atoms with Gasteiger partial charge in [0.25, 0.3) is 5.71 Å². The molecule has 0 saturated heterocycles. The summed E-state index contributed by atoms with van der Waals surface area (Å²) in [5, 5.41) is 3.05. The normalized spacial score (nSPS) is 10.7. The van der Waals surface area contributed by atoms with Crippen LogP contribution in [0.3, 0.4) is 0 Å². The van der Waals surface area contributed by atoms with Crippen molar-refractivity contribution in [2.24, 2.45) is 5.73 Å². The first-order valence-electron chi connectivity index (χ1n) is 4.33. The average molecular weight is 193 g/mol. The van der Waals surface area contributed by atoms with E-state index < -0.39 is 0 Å². The number of aromatic nitrogens is 3. The zero-order valence-electron chi connectivity index (χ0n) is 7.82. The summed E-state index contributed by atoms with van der Waals surface area (Å²) in [7, 11) is 0. The molecule has 0 atom stereocenters. The maximum Gasteiger partial charge on any atom is 0.252 e. The van der Waals surface area contributed by atoms with Gasteiger partial charge in [-0.2, -0.15) is 4.98 Å². The summed E-state index contributed by atoms with van der Waals surface area (Å²) in [4.78, 5) is 12.2. The lowest BCUT2D eigenvalue weighted by Crippen LogP contribution is -2.14. The van der Waals surface area contributed by atoms with Crippen molar-refractivity contribution in [1.82, 2.24) is 15.0 Å². The second-order valence-electron chi connectivity index (χ2n) is 2.82. The van der Waals surface area contributed by atoms with E-state index in [0.29, 0.717) is 36.0 Å². The molecule has 0 fully saturated rings. The highest BCUT2D eigenvalue weighted by atomic mass is 16.4. The Labute approximate surface area is 80.6 Å². The molecule has 14 heavy (non-hydrogen) atoms. The molecule has 2 rings (SSSR count). The van der Waals surface area contributed by atoms with Crippen LogP contribution in [0, 0.1) is 6.92 Å². The van der Waals surface area contributed by atoms with Crippen molar-refractivity contribution in [2.75, 3.05) is 18.4 Å². The highest BCUT2D eigenvalue weighted by molar-refractivity contribution is 5.80. The number of aryl methyl sites for hydroxylation is 1. The topological polar surface area (TPSA) is 89.9 Å². The van der Waals surface area contributed by atoms with E-state index in [-0.39, 0.29) is 0 Å². The molecule has 0 unspecified atom stereocenters. The second kappa shape index (κ2) is 3.59. The van der Waals surface area contributed by atoms with Crippen LogP contribution in [-0.4, -0.2) is 28.0 Å². The summed E-state index contributed by atoms with van der Waals surface area (Å²) in [6, 6.07) is 0. The lowest BCUT2D eigenvalue weighted by atomic mass is 10.5. The van der Waals surface area contributed by atoms with Crippen molar-refractivity contribution in [3.63, 3.8) is 0 Å². The first kappa shape index (κ1) is 8.89. The molecule has 2 aromatic rings. The SMILES string of the molecule is Cc1nc2c(NCCN)ncnc2o1. The number of oxazole rings is 1. The number of hydrogen-bond acceptors (Lipinski definition) is 6. The Kier molecular flexibility index (Phi) is 2.28. The van der Waals surface area contributed by atoms with Crippen molar-refractivity contribution in [1.29, 1.82) is 0 Å². The molecule has 0 aliphatic rings. The maximum atomic E-state index is 5.38. The van der Waals surface area contributed by atoms with E-state index in [0.717, 1.165) is 0 Å². The smallest absolute Gasteiger partial charge is 0.252 e. The average Bonchev–Trinajstić information content (AvgIpc) is 2.55. The van der Waals surface area contributed by atoms with Crippen LogP contribution in [0.25, 0.3) is 11.2 Å². The zero-order chi connectivity index (χ0) is 9.97. The van der Waals surface area contributed by atoms with Gasteiger partial charge in [0.1, 0.15) is 6.33 Å². The minimum Gasteiger partial charge on any atom is -0.422 e. The minimum absolute atomic E-state index is 0.497. The predicted octanol–water partition coefficient (Wildman–Crippen LogP) is 0.297. The number of fused-ring (bicyclic) bond motifs is 1. The second-order valence-corrected chi connectivity index (χ2v) is 2.82. The van der Waals surface area contributed by atoms with E-state index in [9.17, 15) is 0 Å². The quantitative estimate of drug-likeness (QED) is 0.728. The molecule has 0 aliphatic heterocycles. The number of nitrogens with zero attached hydrogens (tertiary/aromatic N) is 3. The Morgan fingerprint density at radius 2 is 2.36 bits per heavy atom. The van der Waals surface area contributed by atoms with Gasteiger partial charge in [0.05, 0.1) is 0 Å². The molecule has 0 aliphatic carbocycles. The van der Waals surface area contributed by atoms with Crippen LogP contribution in [-0.2, 0) is 0 Å². The predicted molar refractivity (Wildman–Crippen MR) is 51.9 cm³/mol. The van der Waals surface area contributed by atoms with Gasteiger partial charge in [-0.3, -0.25) is 0 Å². The van der Waals surface area contributed by atoms with Crippen molar-refractivity contribution in [3.05, 3.63) is 12.2 Å². The molecule has 0 radical (unpaired) electrons. The number of hydrogen-bond donors (Lipinski definition) is 2. The van der Waals surface area contributed by atoms with E-state index in [2.05, 4.69) is 20.3 Å². The molecule has 74 valence electrons.